The smallest absolute Gasteiger partial charge is 0.237 e. The SMILES string of the molecule is CCC[C@@H]1C[C@@H](C(=O)N[C@H](C(C)=NOC)[C@H]2O[C@H](SC)[C@H](O)[C@@H](O)[C@H]2O)N(C)C1. The minimum Gasteiger partial charge on any atom is -0.399 e. The van der Waals surface area contributed by atoms with Crippen LogP contribution in [0.4, 0.5) is 0 Å². The zero-order valence-electron chi connectivity index (χ0n) is 17.8. The fourth-order valence-corrected chi connectivity index (χ4v) is 4.93. The molecular formula is C19H35N3O6S. The fourth-order valence-electron chi connectivity index (χ4n) is 4.25. The molecule has 10 heteroatoms. The Kier molecular flexibility index (Phi) is 9.17. The van der Waals surface area contributed by atoms with Gasteiger partial charge in [-0.15, -0.1) is 11.8 Å². The number of likely N-dealkylation sites (tertiary alicyclic amines) is 1. The van der Waals surface area contributed by atoms with Crippen LogP contribution in [-0.2, 0) is 14.4 Å². The second kappa shape index (κ2) is 10.9. The Labute approximate surface area is 176 Å². The highest BCUT2D eigenvalue weighted by Crippen LogP contribution is 2.30. The number of nitrogens with one attached hydrogen (secondary N) is 1. The Morgan fingerprint density at radius 2 is 2.03 bits per heavy atom. The topological polar surface area (TPSA) is 124 Å². The van der Waals surface area contributed by atoms with Crippen molar-refractivity contribution in [1.29, 1.82) is 0 Å². The predicted molar refractivity (Wildman–Crippen MR) is 112 cm³/mol. The number of nitrogens with zero attached hydrogens (tertiary/aromatic N) is 2. The summed E-state index contributed by atoms with van der Waals surface area (Å²) in [6, 6.07) is -1.09. The van der Waals surface area contributed by atoms with Gasteiger partial charge in [0.15, 0.2) is 0 Å². The first kappa shape index (κ1) is 24.4. The molecule has 2 fully saturated rings. The first-order valence-corrected chi connectivity index (χ1v) is 11.3. The van der Waals surface area contributed by atoms with Crippen molar-refractivity contribution in [1.82, 2.24) is 10.2 Å². The van der Waals surface area contributed by atoms with E-state index in [0.29, 0.717) is 11.6 Å². The standard InChI is InChI=1S/C19H35N3O6S/c1-6-7-11-8-12(22(3)9-11)18(26)20-13(10(2)21-27-4)17-15(24)14(23)16(25)19(28-17)29-5/h11-17,19,23-25H,6-9H2,1-5H3,(H,20,26)/t11-,12+,13-,14+,15-,16-,17-,19-/m1/s1. The van der Waals surface area contributed by atoms with Crippen molar-refractivity contribution in [3.8, 4) is 0 Å². The summed E-state index contributed by atoms with van der Waals surface area (Å²) in [4.78, 5) is 20.0. The predicted octanol–water partition coefficient (Wildman–Crippen LogP) is -0.215. The molecule has 2 saturated heterocycles. The lowest BCUT2D eigenvalue weighted by molar-refractivity contribution is -0.200. The van der Waals surface area contributed by atoms with Gasteiger partial charge in [-0.2, -0.15) is 0 Å². The molecule has 0 spiro atoms. The number of hydrogen-bond acceptors (Lipinski definition) is 9. The lowest BCUT2D eigenvalue weighted by Gasteiger charge is -2.43. The second-order valence-corrected chi connectivity index (χ2v) is 8.86. The molecule has 0 bridgehead atoms. The van der Waals surface area contributed by atoms with Crippen molar-refractivity contribution < 1.29 is 29.7 Å². The number of thioether (sulfide) groups is 1. The van der Waals surface area contributed by atoms with E-state index in [1.165, 1.54) is 18.9 Å². The Hall–Kier alpha value is -0.910. The number of aliphatic hydroxyl groups is 3. The van der Waals surface area contributed by atoms with Crippen LogP contribution in [0.15, 0.2) is 5.16 Å². The highest BCUT2D eigenvalue weighted by molar-refractivity contribution is 7.99. The quantitative estimate of drug-likeness (QED) is 0.306. The monoisotopic (exact) mass is 433 g/mol. The first-order valence-electron chi connectivity index (χ1n) is 10.1. The Bertz CT molecular complexity index is 578. The Morgan fingerprint density at radius 3 is 2.62 bits per heavy atom. The summed E-state index contributed by atoms with van der Waals surface area (Å²) in [6.45, 7) is 4.66. The van der Waals surface area contributed by atoms with Crippen LogP contribution in [0.3, 0.4) is 0 Å². The summed E-state index contributed by atoms with van der Waals surface area (Å²) >= 11 is 1.22. The van der Waals surface area contributed by atoms with Crippen molar-refractivity contribution in [3.63, 3.8) is 0 Å². The van der Waals surface area contributed by atoms with Gasteiger partial charge in [0.05, 0.1) is 17.8 Å². The van der Waals surface area contributed by atoms with Crippen LogP contribution in [0.2, 0.25) is 0 Å². The number of amides is 1. The molecule has 0 aromatic heterocycles. The maximum absolute atomic E-state index is 13.1. The number of aliphatic hydroxyl groups excluding tert-OH is 3. The zero-order valence-corrected chi connectivity index (χ0v) is 18.6. The van der Waals surface area contributed by atoms with E-state index in [2.05, 4.69) is 17.4 Å². The van der Waals surface area contributed by atoms with E-state index in [4.69, 9.17) is 9.57 Å². The minimum atomic E-state index is -1.40. The van der Waals surface area contributed by atoms with Gasteiger partial charge in [0.25, 0.3) is 0 Å². The molecule has 2 aliphatic heterocycles. The van der Waals surface area contributed by atoms with Gasteiger partial charge in [0.2, 0.25) is 5.91 Å². The van der Waals surface area contributed by atoms with Gasteiger partial charge < -0.3 is 30.2 Å². The molecule has 1 amide bonds. The fraction of sp³-hybridized carbons (Fsp3) is 0.895. The van der Waals surface area contributed by atoms with Crippen LogP contribution in [0.1, 0.15) is 33.1 Å². The van der Waals surface area contributed by atoms with Crippen LogP contribution >= 0.6 is 11.8 Å². The number of likely N-dealkylation sites (N-methyl/N-ethyl adjacent to an activating group) is 1. The zero-order chi connectivity index (χ0) is 21.7. The summed E-state index contributed by atoms with van der Waals surface area (Å²) in [5.41, 5.74) is -0.338. The largest absolute Gasteiger partial charge is 0.399 e. The van der Waals surface area contributed by atoms with Crippen LogP contribution < -0.4 is 5.32 Å². The van der Waals surface area contributed by atoms with E-state index in [-0.39, 0.29) is 11.9 Å². The van der Waals surface area contributed by atoms with E-state index in [9.17, 15) is 20.1 Å². The van der Waals surface area contributed by atoms with Gasteiger partial charge in [-0.05, 0) is 39.0 Å². The van der Waals surface area contributed by atoms with Gasteiger partial charge >= 0.3 is 0 Å². The molecule has 0 unspecified atom stereocenters. The molecule has 4 N–H and O–H groups in total. The average Bonchev–Trinajstić information content (AvgIpc) is 3.05. The number of rotatable bonds is 8. The second-order valence-electron chi connectivity index (χ2n) is 7.92. The summed E-state index contributed by atoms with van der Waals surface area (Å²) in [6.07, 6.45) is -0.347. The summed E-state index contributed by atoms with van der Waals surface area (Å²) < 4.78 is 5.85. The van der Waals surface area contributed by atoms with E-state index >= 15 is 0 Å². The summed E-state index contributed by atoms with van der Waals surface area (Å²) in [7, 11) is 3.32. The van der Waals surface area contributed by atoms with E-state index < -0.39 is 35.9 Å². The number of carbonyl (C=O) groups is 1. The summed E-state index contributed by atoms with van der Waals surface area (Å²) in [5.74, 6) is 0.293. The van der Waals surface area contributed by atoms with Crippen LogP contribution in [0, 0.1) is 5.92 Å². The van der Waals surface area contributed by atoms with Crippen LogP contribution in [0.25, 0.3) is 0 Å². The first-order chi connectivity index (χ1) is 13.7. The molecule has 8 atom stereocenters. The van der Waals surface area contributed by atoms with Crippen molar-refractivity contribution in [2.24, 2.45) is 11.1 Å². The maximum Gasteiger partial charge on any atom is 0.237 e. The Morgan fingerprint density at radius 1 is 1.34 bits per heavy atom. The maximum atomic E-state index is 13.1. The van der Waals surface area contributed by atoms with Crippen molar-refractivity contribution in [2.75, 3.05) is 27.0 Å². The van der Waals surface area contributed by atoms with Gasteiger partial charge in [-0.3, -0.25) is 9.69 Å². The van der Waals surface area contributed by atoms with Gasteiger partial charge in [0, 0.05) is 6.54 Å². The lowest BCUT2D eigenvalue weighted by atomic mass is 9.92. The highest BCUT2D eigenvalue weighted by atomic mass is 32.2. The van der Waals surface area contributed by atoms with E-state index in [1.54, 1.807) is 13.2 Å². The van der Waals surface area contributed by atoms with Crippen LogP contribution in [-0.4, -0.2) is 101 Å². The van der Waals surface area contributed by atoms with Crippen molar-refractivity contribution in [2.45, 2.75) is 75.0 Å². The molecule has 0 saturated carbocycles. The van der Waals surface area contributed by atoms with Gasteiger partial charge in [0.1, 0.15) is 37.0 Å². The average molecular weight is 434 g/mol. The third-order valence-corrected chi connectivity index (χ3v) is 6.64. The molecule has 2 rings (SSSR count). The third kappa shape index (κ3) is 5.62. The molecule has 2 heterocycles. The molecule has 0 aliphatic carbocycles. The number of oxime groups is 1. The molecule has 9 nitrogen and oxygen atoms in total. The van der Waals surface area contributed by atoms with Gasteiger partial charge in [-0.25, -0.2) is 0 Å². The molecule has 168 valence electrons. The number of ether oxygens (including phenoxy) is 1. The van der Waals surface area contributed by atoms with Crippen molar-refractivity contribution in [3.05, 3.63) is 0 Å². The molecule has 2 aliphatic rings. The Balaban J connectivity index is 2.20. The summed E-state index contributed by atoms with van der Waals surface area (Å²) in [5, 5.41) is 37.8. The molecule has 0 aromatic rings. The third-order valence-electron chi connectivity index (χ3n) is 5.78. The van der Waals surface area contributed by atoms with Gasteiger partial charge in [-0.1, -0.05) is 18.5 Å². The minimum absolute atomic E-state index is 0.182. The normalized spacial score (nSPS) is 37.4. The van der Waals surface area contributed by atoms with Crippen LogP contribution in [0.5, 0.6) is 0 Å². The molecular weight excluding hydrogens is 398 g/mol. The molecule has 29 heavy (non-hydrogen) atoms. The molecule has 0 aromatic carbocycles. The number of carbonyl (C=O) groups excluding carboxylic acids is 1. The van der Waals surface area contributed by atoms with Crippen molar-refractivity contribution >= 4 is 23.4 Å². The lowest BCUT2D eigenvalue weighted by Crippen LogP contribution is -2.65. The number of hydrogen-bond donors (Lipinski definition) is 4. The van der Waals surface area contributed by atoms with E-state index in [0.717, 1.165) is 25.8 Å². The van der Waals surface area contributed by atoms with E-state index in [1.807, 2.05) is 11.9 Å². The highest BCUT2D eigenvalue weighted by Gasteiger charge is 2.48. The molecule has 0 radical (unpaired) electrons.